The van der Waals surface area contributed by atoms with Gasteiger partial charge in [0.1, 0.15) is 5.41 Å². The smallest absolute Gasteiger partial charge is 0.238 e. The largest absolute Gasteiger partial charge is 0.355 e. The Balaban J connectivity index is 2.48. The molecule has 0 radical (unpaired) electrons. The zero-order chi connectivity index (χ0) is 19.8. The molecule has 0 atom stereocenters. The second kappa shape index (κ2) is 9.68. The zero-order valence-electron chi connectivity index (χ0n) is 15.7. The quantitative estimate of drug-likeness (QED) is 0.417. The van der Waals surface area contributed by atoms with Gasteiger partial charge in [-0.1, -0.05) is 31.9 Å². The van der Waals surface area contributed by atoms with Crippen LogP contribution in [0.4, 0.5) is 0 Å². The summed E-state index contributed by atoms with van der Waals surface area (Å²) >= 11 is 0. The summed E-state index contributed by atoms with van der Waals surface area (Å²) in [6.07, 6.45) is 3.52. The van der Waals surface area contributed by atoms with Crippen LogP contribution in [0.5, 0.6) is 0 Å². The van der Waals surface area contributed by atoms with E-state index < -0.39 is 15.4 Å². The van der Waals surface area contributed by atoms with Crippen LogP contribution >= 0.6 is 0 Å². The van der Waals surface area contributed by atoms with Gasteiger partial charge < -0.3 is 10.6 Å². The summed E-state index contributed by atoms with van der Waals surface area (Å²) in [5.41, 5.74) is -0.288. The normalized spacial score (nSPS) is 11.8. The fourth-order valence-electron chi connectivity index (χ4n) is 2.29. The maximum atomic E-state index is 12.3. The molecule has 1 aromatic rings. The predicted molar refractivity (Wildman–Crippen MR) is 101 cm³/mol. The lowest BCUT2D eigenvalue weighted by Crippen LogP contribution is -2.48. The molecule has 0 saturated carbocycles. The van der Waals surface area contributed by atoms with Crippen molar-refractivity contribution in [2.45, 2.75) is 51.3 Å². The molecule has 4 N–H and O–H groups in total. The van der Waals surface area contributed by atoms with Gasteiger partial charge in [-0.05, 0) is 44.4 Å². The maximum Gasteiger partial charge on any atom is 0.238 e. The van der Waals surface area contributed by atoms with Crippen LogP contribution in [0, 0.1) is 5.41 Å². The van der Waals surface area contributed by atoms with E-state index in [4.69, 9.17) is 5.14 Å². The molecule has 0 aromatic heterocycles. The van der Waals surface area contributed by atoms with Gasteiger partial charge in [-0.2, -0.15) is 0 Å². The van der Waals surface area contributed by atoms with Crippen LogP contribution < -0.4 is 15.8 Å². The highest BCUT2D eigenvalue weighted by Gasteiger charge is 2.35. The molecule has 0 spiro atoms. The van der Waals surface area contributed by atoms with Gasteiger partial charge in [-0.25, -0.2) is 13.6 Å². The molecule has 0 unspecified atom stereocenters. The monoisotopic (exact) mass is 383 g/mol. The Morgan fingerprint density at radius 1 is 1.00 bits per heavy atom. The number of sulfonamides is 1. The van der Waals surface area contributed by atoms with Crippen LogP contribution in [0.3, 0.4) is 0 Å². The average Bonchev–Trinajstić information content (AvgIpc) is 2.58. The first-order valence-electron chi connectivity index (χ1n) is 8.77. The Morgan fingerprint density at radius 2 is 1.54 bits per heavy atom. The lowest BCUT2D eigenvalue weighted by Gasteiger charge is -2.22. The highest BCUT2D eigenvalue weighted by atomic mass is 32.2. The van der Waals surface area contributed by atoms with Crippen molar-refractivity contribution in [3.63, 3.8) is 0 Å². The number of carbonyl (C=O) groups excluding carboxylic acids is 2. The van der Waals surface area contributed by atoms with Crippen molar-refractivity contribution in [1.29, 1.82) is 0 Å². The highest BCUT2D eigenvalue weighted by molar-refractivity contribution is 7.89. The first-order valence-corrected chi connectivity index (χ1v) is 10.3. The van der Waals surface area contributed by atoms with Crippen molar-refractivity contribution in [1.82, 2.24) is 10.6 Å². The van der Waals surface area contributed by atoms with E-state index >= 15 is 0 Å². The Morgan fingerprint density at radius 3 is 2.04 bits per heavy atom. The molecule has 8 heteroatoms. The molecule has 0 fully saturated rings. The van der Waals surface area contributed by atoms with Crippen molar-refractivity contribution >= 4 is 21.8 Å². The van der Waals surface area contributed by atoms with Crippen molar-refractivity contribution in [3.8, 4) is 0 Å². The van der Waals surface area contributed by atoms with Crippen LogP contribution in [0.1, 0.15) is 45.6 Å². The molecule has 0 aliphatic rings. The van der Waals surface area contributed by atoms with Crippen molar-refractivity contribution in [2.75, 3.05) is 13.1 Å². The minimum absolute atomic E-state index is 0.0474. The molecule has 0 saturated heterocycles. The lowest BCUT2D eigenvalue weighted by molar-refractivity contribution is -0.141. The van der Waals surface area contributed by atoms with Gasteiger partial charge in [0.2, 0.25) is 21.8 Å². The number of hydrogen-bond acceptors (Lipinski definition) is 4. The Hall–Kier alpha value is -1.93. The minimum Gasteiger partial charge on any atom is -0.355 e. The number of amides is 2. The fourth-order valence-corrected chi connectivity index (χ4v) is 2.80. The van der Waals surface area contributed by atoms with Gasteiger partial charge >= 0.3 is 0 Å². The topological polar surface area (TPSA) is 118 Å². The standard InChI is InChI=1S/C18H29N3O4S/c1-4-5-6-12-20-16(22)18(2,3)17(23)21-13-11-14-7-9-15(10-8-14)26(19,24)25/h7-10H,4-6,11-13H2,1-3H3,(H,20,22)(H,21,23)(H2,19,24,25). The molecule has 7 nitrogen and oxygen atoms in total. The van der Waals surface area contributed by atoms with Gasteiger partial charge in [-0.3, -0.25) is 9.59 Å². The number of benzene rings is 1. The molecule has 0 aliphatic heterocycles. The van der Waals surface area contributed by atoms with Crippen LogP contribution in [0.2, 0.25) is 0 Å². The van der Waals surface area contributed by atoms with Gasteiger partial charge in [-0.15, -0.1) is 0 Å². The van der Waals surface area contributed by atoms with Crippen LogP contribution in [-0.2, 0) is 26.0 Å². The van der Waals surface area contributed by atoms with E-state index in [1.807, 2.05) is 0 Å². The first kappa shape index (κ1) is 22.1. The molecular formula is C18H29N3O4S. The van der Waals surface area contributed by atoms with E-state index in [2.05, 4.69) is 17.6 Å². The van der Waals surface area contributed by atoms with Gasteiger partial charge in [0, 0.05) is 13.1 Å². The summed E-state index contributed by atoms with van der Waals surface area (Å²) < 4.78 is 22.4. The fraction of sp³-hybridized carbons (Fsp3) is 0.556. The van der Waals surface area contributed by atoms with Gasteiger partial charge in [0.15, 0.2) is 0 Å². The third kappa shape index (κ3) is 6.76. The van der Waals surface area contributed by atoms with E-state index in [0.29, 0.717) is 19.5 Å². The van der Waals surface area contributed by atoms with E-state index in [9.17, 15) is 18.0 Å². The molecule has 1 rings (SSSR count). The van der Waals surface area contributed by atoms with Crippen LogP contribution in [0.15, 0.2) is 29.2 Å². The number of rotatable bonds is 10. The van der Waals surface area contributed by atoms with E-state index in [1.165, 1.54) is 12.1 Å². The lowest BCUT2D eigenvalue weighted by atomic mass is 9.91. The van der Waals surface area contributed by atoms with Crippen LogP contribution in [-0.4, -0.2) is 33.3 Å². The number of hydrogen-bond donors (Lipinski definition) is 3. The SMILES string of the molecule is CCCCCNC(=O)C(C)(C)C(=O)NCCc1ccc(S(N)(=O)=O)cc1. The molecule has 0 aliphatic carbocycles. The third-order valence-corrected chi connectivity index (χ3v) is 5.08. The first-order chi connectivity index (χ1) is 12.1. The molecule has 1 aromatic carbocycles. The van der Waals surface area contributed by atoms with Crippen LogP contribution in [0.25, 0.3) is 0 Å². The molecule has 0 bridgehead atoms. The molecule has 26 heavy (non-hydrogen) atoms. The highest BCUT2D eigenvalue weighted by Crippen LogP contribution is 2.15. The molecular weight excluding hydrogens is 354 g/mol. The second-order valence-electron chi connectivity index (χ2n) is 6.78. The number of nitrogens with one attached hydrogen (secondary N) is 2. The van der Waals surface area contributed by atoms with E-state index in [0.717, 1.165) is 24.8 Å². The second-order valence-corrected chi connectivity index (χ2v) is 8.34. The summed E-state index contributed by atoms with van der Waals surface area (Å²) in [4.78, 5) is 24.5. The van der Waals surface area contributed by atoms with Crippen molar-refractivity contribution < 1.29 is 18.0 Å². The molecule has 2 amide bonds. The number of primary sulfonamides is 1. The van der Waals surface area contributed by atoms with Gasteiger partial charge in [0.25, 0.3) is 0 Å². The average molecular weight is 384 g/mol. The third-order valence-electron chi connectivity index (χ3n) is 4.15. The molecule has 146 valence electrons. The summed E-state index contributed by atoms with van der Waals surface area (Å²) in [5, 5.41) is 10.6. The Labute approximate surface area is 155 Å². The van der Waals surface area contributed by atoms with E-state index in [1.54, 1.807) is 26.0 Å². The maximum absolute atomic E-state index is 12.3. The van der Waals surface area contributed by atoms with Gasteiger partial charge in [0.05, 0.1) is 4.90 Å². The van der Waals surface area contributed by atoms with E-state index in [-0.39, 0.29) is 16.7 Å². The summed E-state index contributed by atoms with van der Waals surface area (Å²) in [5.74, 6) is -0.629. The number of nitrogens with two attached hydrogens (primary N) is 1. The summed E-state index contributed by atoms with van der Waals surface area (Å²) in [6.45, 7) is 6.19. The predicted octanol–water partition coefficient (Wildman–Crippen LogP) is 1.33. The number of carbonyl (C=O) groups is 2. The van der Waals surface area contributed by atoms with Crippen molar-refractivity contribution in [3.05, 3.63) is 29.8 Å². The summed E-state index contributed by atoms with van der Waals surface area (Å²) in [6, 6.07) is 6.16. The molecule has 0 heterocycles. The number of unbranched alkanes of at least 4 members (excludes halogenated alkanes) is 2. The zero-order valence-corrected chi connectivity index (χ0v) is 16.5. The minimum atomic E-state index is -3.71. The summed E-state index contributed by atoms with van der Waals surface area (Å²) in [7, 11) is -3.71. The van der Waals surface area contributed by atoms with Crippen molar-refractivity contribution in [2.24, 2.45) is 10.6 Å². The Kier molecular flexibility index (Phi) is 8.23. The Bertz CT molecular complexity index is 712.